The van der Waals surface area contributed by atoms with Gasteiger partial charge in [-0.25, -0.2) is 4.98 Å². The second-order valence-electron chi connectivity index (χ2n) is 5.11. The van der Waals surface area contributed by atoms with E-state index in [-0.39, 0.29) is 11.8 Å². The van der Waals surface area contributed by atoms with Crippen LogP contribution in [-0.2, 0) is 17.8 Å². The van der Waals surface area contributed by atoms with Crippen LogP contribution in [0, 0.1) is 5.92 Å². The molecule has 20 heavy (non-hydrogen) atoms. The molecule has 1 N–H and O–H groups in total. The van der Waals surface area contributed by atoms with Crippen molar-refractivity contribution >= 4 is 16.9 Å². The highest BCUT2D eigenvalue weighted by molar-refractivity contribution is 5.78. The Bertz CT molecular complexity index is 613. The van der Waals surface area contributed by atoms with Crippen molar-refractivity contribution in [3.63, 3.8) is 0 Å². The van der Waals surface area contributed by atoms with E-state index < -0.39 is 0 Å². The number of hydrogen-bond acceptors (Lipinski definition) is 2. The Hall–Kier alpha value is -2.10. The molecule has 0 fully saturated rings. The first-order valence-corrected chi connectivity index (χ1v) is 6.96. The maximum absolute atomic E-state index is 11.6. The normalized spacial score (nSPS) is 10.9. The third kappa shape index (κ3) is 3.07. The zero-order chi connectivity index (χ0) is 14.5. The van der Waals surface area contributed by atoms with E-state index in [1.54, 1.807) is 0 Å². The number of carbonyl (C=O) groups excluding carboxylic acids is 1. The van der Waals surface area contributed by atoms with Gasteiger partial charge in [0.25, 0.3) is 0 Å². The van der Waals surface area contributed by atoms with Crippen LogP contribution in [0.25, 0.3) is 11.0 Å². The van der Waals surface area contributed by atoms with Gasteiger partial charge in [0.1, 0.15) is 5.82 Å². The van der Waals surface area contributed by atoms with Crippen molar-refractivity contribution in [3.05, 3.63) is 42.7 Å². The molecule has 1 heterocycles. The Morgan fingerprint density at radius 2 is 2.20 bits per heavy atom. The van der Waals surface area contributed by atoms with Gasteiger partial charge >= 0.3 is 0 Å². The molecule has 0 atom stereocenters. The molecule has 0 saturated heterocycles. The van der Waals surface area contributed by atoms with E-state index in [9.17, 15) is 4.79 Å². The minimum atomic E-state index is 0.0157. The minimum Gasteiger partial charge on any atom is -0.355 e. The lowest BCUT2D eigenvalue weighted by Crippen LogP contribution is -2.30. The number of nitrogens with one attached hydrogen (secondary N) is 1. The highest BCUT2D eigenvalue weighted by Crippen LogP contribution is 2.16. The quantitative estimate of drug-likeness (QED) is 0.821. The molecule has 106 valence electrons. The van der Waals surface area contributed by atoms with E-state index in [1.807, 2.05) is 38.1 Å². The van der Waals surface area contributed by atoms with E-state index in [0.29, 0.717) is 6.54 Å². The minimum absolute atomic E-state index is 0.0157. The number of amides is 1. The third-order valence-electron chi connectivity index (χ3n) is 3.22. The molecule has 0 unspecified atom stereocenters. The van der Waals surface area contributed by atoms with Gasteiger partial charge in [-0.2, -0.15) is 0 Å². The van der Waals surface area contributed by atoms with Gasteiger partial charge in [-0.15, -0.1) is 6.58 Å². The van der Waals surface area contributed by atoms with Gasteiger partial charge in [-0.05, 0) is 12.1 Å². The van der Waals surface area contributed by atoms with E-state index in [1.165, 1.54) is 0 Å². The standard InChI is InChI=1S/C16H21N3O/c1-4-11-19-14-8-6-5-7-13(14)18-15(19)9-10-17-16(20)12(2)3/h4-8,12H,1,9-11H2,2-3H3,(H,17,20). The SMILES string of the molecule is C=CCn1c(CCNC(=O)C(C)C)nc2ccccc21. The van der Waals surface area contributed by atoms with Crippen molar-refractivity contribution in [1.29, 1.82) is 0 Å². The van der Waals surface area contributed by atoms with Crippen LogP contribution in [0.3, 0.4) is 0 Å². The predicted octanol–water partition coefficient (Wildman–Crippen LogP) is 2.54. The summed E-state index contributed by atoms with van der Waals surface area (Å²) in [6.07, 6.45) is 2.59. The van der Waals surface area contributed by atoms with Crippen molar-refractivity contribution in [2.75, 3.05) is 6.54 Å². The van der Waals surface area contributed by atoms with Gasteiger partial charge in [-0.3, -0.25) is 4.79 Å². The Kier molecular flexibility index (Phi) is 4.56. The Balaban J connectivity index is 2.14. The fourth-order valence-corrected chi connectivity index (χ4v) is 2.15. The molecule has 0 saturated carbocycles. The van der Waals surface area contributed by atoms with E-state index >= 15 is 0 Å². The van der Waals surface area contributed by atoms with Gasteiger partial charge in [0.15, 0.2) is 0 Å². The maximum Gasteiger partial charge on any atom is 0.222 e. The average Bonchev–Trinajstić information content (AvgIpc) is 2.77. The van der Waals surface area contributed by atoms with Crippen LogP contribution < -0.4 is 5.32 Å². The molecule has 0 radical (unpaired) electrons. The third-order valence-corrected chi connectivity index (χ3v) is 3.22. The average molecular weight is 271 g/mol. The molecular weight excluding hydrogens is 250 g/mol. The summed E-state index contributed by atoms with van der Waals surface area (Å²) in [5, 5.41) is 2.93. The Morgan fingerprint density at radius 3 is 2.90 bits per heavy atom. The summed E-state index contributed by atoms with van der Waals surface area (Å²) in [6.45, 7) is 8.92. The number of imidazole rings is 1. The summed E-state index contributed by atoms with van der Waals surface area (Å²) >= 11 is 0. The van der Waals surface area contributed by atoms with Gasteiger partial charge in [0.2, 0.25) is 5.91 Å². The van der Waals surface area contributed by atoms with Crippen molar-refractivity contribution in [2.24, 2.45) is 5.92 Å². The van der Waals surface area contributed by atoms with Crippen molar-refractivity contribution in [2.45, 2.75) is 26.8 Å². The largest absolute Gasteiger partial charge is 0.355 e. The monoisotopic (exact) mass is 271 g/mol. The van der Waals surface area contributed by atoms with Crippen LogP contribution in [0.4, 0.5) is 0 Å². The number of hydrogen-bond donors (Lipinski definition) is 1. The number of para-hydroxylation sites is 2. The molecule has 0 aliphatic rings. The number of nitrogens with zero attached hydrogens (tertiary/aromatic N) is 2. The smallest absolute Gasteiger partial charge is 0.222 e. The molecule has 1 aromatic carbocycles. The lowest BCUT2D eigenvalue weighted by Gasteiger charge is -2.09. The molecule has 0 aliphatic carbocycles. The van der Waals surface area contributed by atoms with Gasteiger partial charge in [0.05, 0.1) is 11.0 Å². The lowest BCUT2D eigenvalue weighted by molar-refractivity contribution is -0.123. The number of benzene rings is 1. The van der Waals surface area contributed by atoms with Crippen molar-refractivity contribution in [3.8, 4) is 0 Å². The number of allylic oxidation sites excluding steroid dienone is 1. The van der Waals surface area contributed by atoms with Gasteiger partial charge in [0, 0.05) is 25.4 Å². The van der Waals surface area contributed by atoms with E-state index in [4.69, 9.17) is 0 Å². The Morgan fingerprint density at radius 1 is 1.45 bits per heavy atom. The topological polar surface area (TPSA) is 46.9 Å². The zero-order valence-corrected chi connectivity index (χ0v) is 12.1. The molecule has 1 aromatic heterocycles. The van der Waals surface area contributed by atoms with Crippen molar-refractivity contribution in [1.82, 2.24) is 14.9 Å². The number of rotatable bonds is 6. The first-order valence-electron chi connectivity index (χ1n) is 6.96. The Labute approximate surface area is 119 Å². The molecular formula is C16H21N3O. The molecule has 2 rings (SSSR count). The van der Waals surface area contributed by atoms with Gasteiger partial charge < -0.3 is 9.88 Å². The first-order chi connectivity index (χ1) is 9.63. The van der Waals surface area contributed by atoms with Crippen LogP contribution in [-0.4, -0.2) is 22.0 Å². The van der Waals surface area contributed by atoms with Crippen LogP contribution in [0.2, 0.25) is 0 Å². The summed E-state index contributed by atoms with van der Waals surface area (Å²) in [6, 6.07) is 8.05. The van der Waals surface area contributed by atoms with Crippen molar-refractivity contribution < 1.29 is 4.79 Å². The second kappa shape index (κ2) is 6.37. The molecule has 0 aliphatic heterocycles. The predicted molar refractivity (Wildman–Crippen MR) is 81.5 cm³/mol. The first kappa shape index (κ1) is 14.3. The summed E-state index contributed by atoms with van der Waals surface area (Å²) in [5.41, 5.74) is 2.09. The highest BCUT2D eigenvalue weighted by atomic mass is 16.1. The molecule has 0 spiro atoms. The molecule has 4 nitrogen and oxygen atoms in total. The van der Waals surface area contributed by atoms with Crippen LogP contribution in [0.1, 0.15) is 19.7 Å². The summed E-state index contributed by atoms with van der Waals surface area (Å²) in [7, 11) is 0. The molecule has 4 heteroatoms. The van der Waals surface area contributed by atoms with Crippen LogP contribution >= 0.6 is 0 Å². The fourth-order valence-electron chi connectivity index (χ4n) is 2.15. The number of carbonyl (C=O) groups is 1. The fraction of sp³-hybridized carbons (Fsp3) is 0.375. The molecule has 2 aromatic rings. The number of fused-ring (bicyclic) bond motifs is 1. The van der Waals surface area contributed by atoms with Crippen LogP contribution in [0.5, 0.6) is 0 Å². The van der Waals surface area contributed by atoms with Gasteiger partial charge in [-0.1, -0.05) is 32.1 Å². The van der Waals surface area contributed by atoms with Crippen LogP contribution in [0.15, 0.2) is 36.9 Å². The molecule has 0 bridgehead atoms. The molecule has 1 amide bonds. The van der Waals surface area contributed by atoms with E-state index in [2.05, 4.69) is 27.5 Å². The maximum atomic E-state index is 11.6. The summed E-state index contributed by atoms with van der Waals surface area (Å²) < 4.78 is 2.14. The summed E-state index contributed by atoms with van der Waals surface area (Å²) in [4.78, 5) is 16.2. The number of aromatic nitrogens is 2. The zero-order valence-electron chi connectivity index (χ0n) is 12.1. The summed E-state index contributed by atoms with van der Waals surface area (Å²) in [5.74, 6) is 1.08. The lowest BCUT2D eigenvalue weighted by atomic mass is 10.2. The van der Waals surface area contributed by atoms with E-state index in [0.717, 1.165) is 29.8 Å². The second-order valence-corrected chi connectivity index (χ2v) is 5.11. The highest BCUT2D eigenvalue weighted by Gasteiger charge is 2.10.